The van der Waals surface area contributed by atoms with Crippen molar-refractivity contribution in [2.75, 3.05) is 12.4 Å². The van der Waals surface area contributed by atoms with Crippen molar-refractivity contribution in [3.8, 4) is 5.75 Å². The van der Waals surface area contributed by atoms with Crippen LogP contribution >= 0.6 is 0 Å². The number of hydrogen-bond donors (Lipinski definition) is 2. The Bertz CT molecular complexity index is 349. The van der Waals surface area contributed by atoms with E-state index >= 15 is 0 Å². The Hall–Kier alpha value is -1.78. The third-order valence-electron chi connectivity index (χ3n) is 2.25. The van der Waals surface area contributed by atoms with Gasteiger partial charge in [-0.05, 0) is 18.1 Å². The van der Waals surface area contributed by atoms with Crippen LogP contribution in [0, 0.1) is 5.92 Å². The number of amides is 1. The number of anilines is 1. The second-order valence-corrected chi connectivity index (χ2v) is 3.85. The fourth-order valence-electron chi connectivity index (χ4n) is 1.31. The van der Waals surface area contributed by atoms with E-state index < -0.39 is 6.04 Å². The molecule has 0 aliphatic carbocycles. The van der Waals surface area contributed by atoms with E-state index in [1.165, 1.54) is 0 Å². The van der Waals surface area contributed by atoms with Crippen molar-refractivity contribution in [1.29, 1.82) is 0 Å². The highest BCUT2D eigenvalue weighted by Crippen LogP contribution is 2.14. The van der Waals surface area contributed by atoms with Gasteiger partial charge in [0.2, 0.25) is 5.91 Å². The first-order chi connectivity index (χ1) is 7.54. The van der Waals surface area contributed by atoms with Gasteiger partial charge in [-0.15, -0.1) is 0 Å². The quantitative estimate of drug-likeness (QED) is 0.781. The van der Waals surface area contributed by atoms with Crippen molar-refractivity contribution in [3.63, 3.8) is 0 Å². The number of primary amides is 1. The first-order valence-electron chi connectivity index (χ1n) is 5.10. The molecule has 1 aromatic rings. The van der Waals surface area contributed by atoms with E-state index in [9.17, 15) is 4.79 Å². The highest BCUT2D eigenvalue weighted by molar-refractivity contribution is 5.82. The van der Waals surface area contributed by atoms with Gasteiger partial charge in [-0.1, -0.05) is 13.8 Å². The average molecular weight is 223 g/mol. The number of aromatic nitrogens is 1. The predicted octanol–water partition coefficient (Wildman–Crippen LogP) is 1.01. The molecule has 1 unspecified atom stereocenters. The van der Waals surface area contributed by atoms with Crippen molar-refractivity contribution in [3.05, 3.63) is 18.3 Å². The molecular formula is C11H17N3O2. The molecule has 3 N–H and O–H groups in total. The van der Waals surface area contributed by atoms with Crippen LogP contribution in [0.5, 0.6) is 5.75 Å². The van der Waals surface area contributed by atoms with E-state index in [-0.39, 0.29) is 11.8 Å². The molecule has 0 spiro atoms. The maximum Gasteiger partial charge on any atom is 0.240 e. The molecule has 5 nitrogen and oxygen atoms in total. The molecule has 0 aromatic carbocycles. The lowest BCUT2D eigenvalue weighted by atomic mass is 10.0. The van der Waals surface area contributed by atoms with Crippen LogP contribution in [0.4, 0.5) is 5.82 Å². The Kier molecular flexibility index (Phi) is 4.10. The summed E-state index contributed by atoms with van der Waals surface area (Å²) in [5, 5.41) is 2.99. The smallest absolute Gasteiger partial charge is 0.240 e. The molecule has 1 atom stereocenters. The first kappa shape index (κ1) is 12.3. The van der Waals surface area contributed by atoms with Crippen LogP contribution in [0.15, 0.2) is 18.3 Å². The summed E-state index contributed by atoms with van der Waals surface area (Å²) >= 11 is 0. The SMILES string of the molecule is COc1ccc(NC(C(N)=O)C(C)C)nc1. The average Bonchev–Trinajstić information content (AvgIpc) is 2.25. The Labute approximate surface area is 95.0 Å². The normalized spacial score (nSPS) is 12.2. The number of rotatable bonds is 5. The van der Waals surface area contributed by atoms with Gasteiger partial charge in [-0.2, -0.15) is 0 Å². The molecule has 16 heavy (non-hydrogen) atoms. The van der Waals surface area contributed by atoms with E-state index in [1.807, 2.05) is 13.8 Å². The lowest BCUT2D eigenvalue weighted by Crippen LogP contribution is -2.39. The van der Waals surface area contributed by atoms with Crippen LogP contribution in [-0.4, -0.2) is 24.0 Å². The summed E-state index contributed by atoms with van der Waals surface area (Å²) in [5.41, 5.74) is 5.29. The standard InChI is InChI=1S/C11H17N3O2/c1-7(2)10(11(12)15)14-9-5-4-8(16-3)6-13-9/h4-7,10H,1-3H3,(H2,12,15)(H,13,14). The van der Waals surface area contributed by atoms with Crippen molar-refractivity contribution in [1.82, 2.24) is 4.98 Å². The summed E-state index contributed by atoms with van der Waals surface area (Å²) in [4.78, 5) is 15.3. The molecule has 0 bridgehead atoms. The molecule has 1 amide bonds. The molecule has 0 radical (unpaired) electrons. The van der Waals surface area contributed by atoms with Gasteiger partial charge in [-0.3, -0.25) is 4.79 Å². The zero-order valence-electron chi connectivity index (χ0n) is 9.73. The van der Waals surface area contributed by atoms with E-state index in [1.54, 1.807) is 25.4 Å². The number of hydrogen-bond acceptors (Lipinski definition) is 4. The third-order valence-corrected chi connectivity index (χ3v) is 2.25. The molecule has 1 heterocycles. The summed E-state index contributed by atoms with van der Waals surface area (Å²) in [5.74, 6) is 1.01. The summed E-state index contributed by atoms with van der Waals surface area (Å²) in [6.07, 6.45) is 1.58. The lowest BCUT2D eigenvalue weighted by Gasteiger charge is -2.19. The Morgan fingerprint density at radius 1 is 1.50 bits per heavy atom. The largest absolute Gasteiger partial charge is 0.495 e. The molecule has 5 heteroatoms. The van der Waals surface area contributed by atoms with E-state index in [0.29, 0.717) is 11.6 Å². The number of nitrogens with two attached hydrogens (primary N) is 1. The molecule has 0 saturated heterocycles. The number of methoxy groups -OCH3 is 1. The Morgan fingerprint density at radius 3 is 2.56 bits per heavy atom. The fraction of sp³-hybridized carbons (Fsp3) is 0.455. The van der Waals surface area contributed by atoms with Crippen LogP contribution in [0.3, 0.4) is 0 Å². The second kappa shape index (κ2) is 5.34. The second-order valence-electron chi connectivity index (χ2n) is 3.85. The molecule has 88 valence electrons. The first-order valence-corrected chi connectivity index (χ1v) is 5.10. The Balaban J connectivity index is 2.74. The van der Waals surface area contributed by atoms with Crippen molar-refractivity contribution in [2.45, 2.75) is 19.9 Å². The van der Waals surface area contributed by atoms with Crippen LogP contribution in [0.25, 0.3) is 0 Å². The predicted molar refractivity (Wildman–Crippen MR) is 62.2 cm³/mol. The van der Waals surface area contributed by atoms with Gasteiger partial charge >= 0.3 is 0 Å². The topological polar surface area (TPSA) is 77.2 Å². The van der Waals surface area contributed by atoms with E-state index in [2.05, 4.69) is 10.3 Å². The highest BCUT2D eigenvalue weighted by atomic mass is 16.5. The minimum absolute atomic E-state index is 0.112. The number of carbonyl (C=O) groups is 1. The number of ether oxygens (including phenoxy) is 1. The van der Waals surface area contributed by atoms with Crippen LogP contribution in [-0.2, 0) is 4.79 Å². The minimum atomic E-state index is -0.416. The monoisotopic (exact) mass is 223 g/mol. The van der Waals surface area contributed by atoms with E-state index in [4.69, 9.17) is 10.5 Å². The number of carbonyl (C=O) groups excluding carboxylic acids is 1. The zero-order chi connectivity index (χ0) is 12.1. The maximum absolute atomic E-state index is 11.2. The zero-order valence-corrected chi connectivity index (χ0v) is 9.73. The highest BCUT2D eigenvalue weighted by Gasteiger charge is 2.19. The van der Waals surface area contributed by atoms with Crippen molar-refractivity contribution in [2.24, 2.45) is 11.7 Å². The summed E-state index contributed by atoms with van der Waals surface area (Å²) < 4.78 is 4.99. The summed E-state index contributed by atoms with van der Waals surface area (Å²) in [6.45, 7) is 3.85. The van der Waals surface area contributed by atoms with Gasteiger partial charge in [0.25, 0.3) is 0 Å². The summed E-state index contributed by atoms with van der Waals surface area (Å²) in [6, 6.07) is 3.10. The van der Waals surface area contributed by atoms with Gasteiger partial charge in [0, 0.05) is 0 Å². The van der Waals surface area contributed by atoms with Crippen LogP contribution < -0.4 is 15.8 Å². The molecule has 1 aromatic heterocycles. The molecule has 0 aliphatic heterocycles. The molecule has 0 saturated carbocycles. The molecule has 0 aliphatic rings. The van der Waals surface area contributed by atoms with Gasteiger partial charge in [0.15, 0.2) is 0 Å². The number of pyridine rings is 1. The maximum atomic E-state index is 11.2. The minimum Gasteiger partial charge on any atom is -0.495 e. The van der Waals surface area contributed by atoms with Gasteiger partial charge < -0.3 is 15.8 Å². The van der Waals surface area contributed by atoms with Crippen molar-refractivity contribution >= 4 is 11.7 Å². The fourth-order valence-corrected chi connectivity index (χ4v) is 1.31. The van der Waals surface area contributed by atoms with E-state index in [0.717, 1.165) is 0 Å². The number of nitrogens with one attached hydrogen (secondary N) is 1. The third kappa shape index (κ3) is 3.12. The van der Waals surface area contributed by atoms with Gasteiger partial charge in [0.1, 0.15) is 17.6 Å². The Morgan fingerprint density at radius 2 is 2.19 bits per heavy atom. The summed E-state index contributed by atoms with van der Waals surface area (Å²) in [7, 11) is 1.57. The lowest BCUT2D eigenvalue weighted by molar-refractivity contribution is -0.119. The molecule has 0 fully saturated rings. The van der Waals surface area contributed by atoms with Crippen molar-refractivity contribution < 1.29 is 9.53 Å². The van der Waals surface area contributed by atoms with Gasteiger partial charge in [0.05, 0.1) is 13.3 Å². The van der Waals surface area contributed by atoms with Crippen LogP contribution in [0.2, 0.25) is 0 Å². The number of nitrogens with zero attached hydrogens (tertiary/aromatic N) is 1. The van der Waals surface area contributed by atoms with Gasteiger partial charge in [-0.25, -0.2) is 4.98 Å². The molecular weight excluding hydrogens is 206 g/mol. The molecule has 1 rings (SSSR count). The van der Waals surface area contributed by atoms with Crippen LogP contribution in [0.1, 0.15) is 13.8 Å².